The van der Waals surface area contributed by atoms with E-state index in [1.54, 1.807) is 0 Å². The van der Waals surface area contributed by atoms with Crippen LogP contribution in [0.15, 0.2) is 24.3 Å². The molecule has 0 heterocycles. The van der Waals surface area contributed by atoms with Crippen molar-refractivity contribution in [3.63, 3.8) is 0 Å². The summed E-state index contributed by atoms with van der Waals surface area (Å²) in [5, 5.41) is 0.742. The van der Waals surface area contributed by atoms with Gasteiger partial charge in [0.25, 0.3) is 0 Å². The number of benzene rings is 1. The maximum Gasteiger partial charge on any atom is 0.119 e. The van der Waals surface area contributed by atoms with E-state index < -0.39 is 0 Å². The molecule has 1 rings (SSSR count). The summed E-state index contributed by atoms with van der Waals surface area (Å²) in [7, 11) is 0. The van der Waals surface area contributed by atoms with Gasteiger partial charge in [-0.15, -0.1) is 0 Å². The molecule has 0 N–H and O–H groups in total. The molecule has 0 radical (unpaired) electrons. The van der Waals surface area contributed by atoms with Gasteiger partial charge < -0.3 is 4.74 Å². The van der Waals surface area contributed by atoms with Gasteiger partial charge in [0, 0.05) is 9.45 Å². The average Bonchev–Trinajstić information content (AvgIpc) is 2.04. The van der Waals surface area contributed by atoms with E-state index in [4.69, 9.17) is 16.3 Å². The van der Waals surface area contributed by atoms with Crippen LogP contribution < -0.4 is 4.74 Å². The zero-order valence-corrected chi connectivity index (χ0v) is 8.80. The summed E-state index contributed by atoms with van der Waals surface area (Å²) in [5.41, 5.74) is 0. The molecule has 0 aliphatic rings. The fourth-order valence-corrected chi connectivity index (χ4v) is 1.03. The molecular weight excluding hydrogens is 274 g/mol. The molecule has 0 spiro atoms. The molecule has 60 valence electrons. The molecule has 0 saturated heterocycles. The number of hydrogen-bond acceptors (Lipinski definition) is 1. The summed E-state index contributed by atoms with van der Waals surface area (Å²) in [4.78, 5) is 0. The average molecular weight is 283 g/mol. The van der Waals surface area contributed by atoms with Crippen molar-refractivity contribution >= 4 is 34.2 Å². The van der Waals surface area contributed by atoms with Crippen molar-refractivity contribution in [3.8, 4) is 5.75 Å². The van der Waals surface area contributed by atoms with Crippen molar-refractivity contribution in [2.45, 2.75) is 0 Å². The zero-order chi connectivity index (χ0) is 8.10. The molecule has 3 heteroatoms. The summed E-state index contributed by atoms with van der Waals surface area (Å²) in [6.45, 7) is 0.752. The number of hydrogen-bond donors (Lipinski definition) is 0. The van der Waals surface area contributed by atoms with Gasteiger partial charge in [-0.1, -0.05) is 34.2 Å². The molecule has 0 aliphatic heterocycles. The van der Waals surface area contributed by atoms with Gasteiger partial charge in [0.2, 0.25) is 0 Å². The Kier molecular flexibility index (Phi) is 4.01. The molecule has 1 nitrogen and oxygen atoms in total. The summed E-state index contributed by atoms with van der Waals surface area (Å²) in [6, 6.07) is 7.39. The molecule has 1 aromatic rings. The van der Waals surface area contributed by atoms with Crippen molar-refractivity contribution in [2.24, 2.45) is 0 Å². The monoisotopic (exact) mass is 282 g/mol. The summed E-state index contributed by atoms with van der Waals surface area (Å²) < 4.78 is 6.34. The van der Waals surface area contributed by atoms with Crippen LogP contribution in [0.1, 0.15) is 0 Å². The highest BCUT2D eigenvalue weighted by atomic mass is 127. The lowest BCUT2D eigenvalue weighted by Crippen LogP contribution is -1.96. The Morgan fingerprint density at radius 3 is 2.45 bits per heavy atom. The van der Waals surface area contributed by atoms with Crippen LogP contribution in [0.2, 0.25) is 5.02 Å². The van der Waals surface area contributed by atoms with Crippen LogP contribution in [-0.2, 0) is 0 Å². The Labute approximate surface area is 84.8 Å². The molecule has 0 aliphatic carbocycles. The van der Waals surface area contributed by atoms with Crippen LogP contribution in [-0.4, -0.2) is 11.0 Å². The Bertz CT molecular complexity index is 210. The Hall–Kier alpha value is 0.0400. The molecule has 0 fully saturated rings. The van der Waals surface area contributed by atoms with E-state index in [0.29, 0.717) is 0 Å². The second-order valence-electron chi connectivity index (χ2n) is 1.99. The fourth-order valence-electron chi connectivity index (χ4n) is 0.687. The molecule has 0 aromatic heterocycles. The third-order valence-corrected chi connectivity index (χ3v) is 1.85. The Morgan fingerprint density at radius 2 is 1.91 bits per heavy atom. The van der Waals surface area contributed by atoms with Crippen LogP contribution in [0.5, 0.6) is 5.75 Å². The highest BCUT2D eigenvalue weighted by molar-refractivity contribution is 14.1. The van der Waals surface area contributed by atoms with E-state index in [0.717, 1.165) is 21.8 Å². The second kappa shape index (κ2) is 4.83. The standard InChI is InChI=1S/C8H8ClIO/c9-7-1-3-8(4-2-7)11-6-5-10/h1-4H,5-6H2. The first-order chi connectivity index (χ1) is 5.33. The van der Waals surface area contributed by atoms with E-state index in [9.17, 15) is 0 Å². The summed E-state index contributed by atoms with van der Waals surface area (Å²) >= 11 is 7.96. The normalized spacial score (nSPS) is 9.64. The molecule has 11 heavy (non-hydrogen) atoms. The highest BCUT2D eigenvalue weighted by Gasteiger charge is 1.91. The molecule has 0 saturated carbocycles. The highest BCUT2D eigenvalue weighted by Crippen LogP contribution is 2.15. The van der Waals surface area contributed by atoms with Gasteiger partial charge in [-0.3, -0.25) is 0 Å². The van der Waals surface area contributed by atoms with Crippen LogP contribution in [0.3, 0.4) is 0 Å². The molecule has 0 unspecified atom stereocenters. The van der Waals surface area contributed by atoms with E-state index in [1.165, 1.54) is 0 Å². The summed E-state index contributed by atoms with van der Waals surface area (Å²) in [6.07, 6.45) is 0. The molecule has 1 aromatic carbocycles. The first kappa shape index (κ1) is 9.13. The van der Waals surface area contributed by atoms with Crippen LogP contribution >= 0.6 is 34.2 Å². The summed E-state index contributed by atoms with van der Waals surface area (Å²) in [5.74, 6) is 0.881. The van der Waals surface area contributed by atoms with Crippen LogP contribution in [0.25, 0.3) is 0 Å². The third-order valence-electron chi connectivity index (χ3n) is 1.16. The fraction of sp³-hybridized carbons (Fsp3) is 0.250. The van der Waals surface area contributed by atoms with Gasteiger partial charge in [0.15, 0.2) is 0 Å². The van der Waals surface area contributed by atoms with Crippen molar-refractivity contribution in [1.82, 2.24) is 0 Å². The molecular formula is C8H8ClIO. The number of ether oxygens (including phenoxy) is 1. The molecule has 0 amide bonds. The zero-order valence-electron chi connectivity index (χ0n) is 5.89. The SMILES string of the molecule is Clc1ccc(OCCI)cc1. The van der Waals surface area contributed by atoms with E-state index in [-0.39, 0.29) is 0 Å². The molecule has 0 atom stereocenters. The quantitative estimate of drug-likeness (QED) is 0.611. The largest absolute Gasteiger partial charge is 0.493 e. The maximum atomic E-state index is 5.69. The van der Waals surface area contributed by atoms with Gasteiger partial charge in [0.05, 0.1) is 6.61 Å². The minimum atomic E-state index is 0.742. The van der Waals surface area contributed by atoms with Crippen molar-refractivity contribution < 1.29 is 4.74 Å². The topological polar surface area (TPSA) is 9.23 Å². The Balaban J connectivity index is 2.52. The van der Waals surface area contributed by atoms with Gasteiger partial charge in [0.1, 0.15) is 5.75 Å². The lowest BCUT2D eigenvalue weighted by atomic mass is 10.3. The van der Waals surface area contributed by atoms with Crippen LogP contribution in [0, 0.1) is 0 Å². The smallest absolute Gasteiger partial charge is 0.119 e. The number of halogens is 2. The van der Waals surface area contributed by atoms with E-state index in [1.807, 2.05) is 24.3 Å². The van der Waals surface area contributed by atoms with Gasteiger partial charge >= 0.3 is 0 Å². The lowest BCUT2D eigenvalue weighted by molar-refractivity contribution is 0.346. The Morgan fingerprint density at radius 1 is 1.27 bits per heavy atom. The van der Waals surface area contributed by atoms with Crippen molar-refractivity contribution in [3.05, 3.63) is 29.3 Å². The molecule has 0 bridgehead atoms. The van der Waals surface area contributed by atoms with E-state index >= 15 is 0 Å². The van der Waals surface area contributed by atoms with Crippen LogP contribution in [0.4, 0.5) is 0 Å². The minimum absolute atomic E-state index is 0.742. The van der Waals surface area contributed by atoms with Gasteiger partial charge in [-0.05, 0) is 24.3 Å². The predicted molar refractivity (Wildman–Crippen MR) is 55.8 cm³/mol. The third kappa shape index (κ3) is 3.29. The van der Waals surface area contributed by atoms with Gasteiger partial charge in [-0.25, -0.2) is 0 Å². The number of alkyl halides is 1. The number of rotatable bonds is 3. The minimum Gasteiger partial charge on any atom is -0.493 e. The second-order valence-corrected chi connectivity index (χ2v) is 3.51. The van der Waals surface area contributed by atoms with Gasteiger partial charge in [-0.2, -0.15) is 0 Å². The van der Waals surface area contributed by atoms with E-state index in [2.05, 4.69) is 22.6 Å². The predicted octanol–water partition coefficient (Wildman–Crippen LogP) is 3.15. The maximum absolute atomic E-state index is 5.69. The lowest BCUT2D eigenvalue weighted by Gasteiger charge is -2.02. The first-order valence-electron chi connectivity index (χ1n) is 3.27. The first-order valence-corrected chi connectivity index (χ1v) is 5.17. The van der Waals surface area contributed by atoms with Crippen molar-refractivity contribution in [1.29, 1.82) is 0 Å². The van der Waals surface area contributed by atoms with Crippen molar-refractivity contribution in [2.75, 3.05) is 11.0 Å².